The maximum Gasteiger partial charge on any atom is 0.242 e. The average molecular weight is 351 g/mol. The highest BCUT2D eigenvalue weighted by Crippen LogP contribution is 2.31. The molecule has 1 atom stereocenters. The molecule has 1 aliphatic heterocycles. The third kappa shape index (κ3) is 4.17. The number of amidine groups is 1. The minimum atomic E-state index is -0.0744. The number of rotatable bonds is 5. The molecule has 0 saturated carbocycles. The predicted molar refractivity (Wildman–Crippen MR) is 105 cm³/mol. The van der Waals surface area contributed by atoms with E-state index in [-0.39, 0.29) is 11.2 Å². The van der Waals surface area contributed by atoms with Crippen molar-refractivity contribution in [1.82, 2.24) is 4.90 Å². The Morgan fingerprint density at radius 2 is 1.84 bits per heavy atom. The summed E-state index contributed by atoms with van der Waals surface area (Å²) in [4.78, 5) is 14.4. The fourth-order valence-corrected chi connectivity index (χ4v) is 3.66. The number of carbonyl (C=O) groups is 1. The largest absolute Gasteiger partial charge is 0.284 e. The van der Waals surface area contributed by atoms with Crippen LogP contribution in [-0.4, -0.2) is 27.4 Å². The highest BCUT2D eigenvalue weighted by Gasteiger charge is 2.37. The zero-order valence-electron chi connectivity index (χ0n) is 14.4. The standard InChI is InChI=1S/C20H21N3OS/c1-3-18-19(24)23(14-17-12-8-7-9-15(17)2)20(25-18)22-21-13-16-10-5-4-6-11-16/h4-13,18H,3,14H2,1-2H3/b21-13-,22-20-/t18-/m0/s1. The maximum atomic E-state index is 12.7. The molecule has 25 heavy (non-hydrogen) atoms. The van der Waals surface area contributed by atoms with E-state index in [1.807, 2.05) is 49.4 Å². The Morgan fingerprint density at radius 3 is 2.56 bits per heavy atom. The van der Waals surface area contributed by atoms with Crippen LogP contribution in [0.2, 0.25) is 0 Å². The van der Waals surface area contributed by atoms with E-state index in [2.05, 4.69) is 29.3 Å². The van der Waals surface area contributed by atoms with Gasteiger partial charge in [-0.1, -0.05) is 73.3 Å². The Morgan fingerprint density at radius 1 is 1.12 bits per heavy atom. The van der Waals surface area contributed by atoms with Crippen molar-refractivity contribution in [3.63, 3.8) is 0 Å². The lowest BCUT2D eigenvalue weighted by atomic mass is 10.1. The molecule has 128 valence electrons. The van der Waals surface area contributed by atoms with Gasteiger partial charge in [0.1, 0.15) is 0 Å². The van der Waals surface area contributed by atoms with Crippen LogP contribution >= 0.6 is 11.8 Å². The van der Waals surface area contributed by atoms with Crippen LogP contribution in [0.5, 0.6) is 0 Å². The summed E-state index contributed by atoms with van der Waals surface area (Å²) in [7, 11) is 0. The first-order valence-electron chi connectivity index (χ1n) is 8.37. The van der Waals surface area contributed by atoms with Crippen molar-refractivity contribution in [1.29, 1.82) is 0 Å². The molecule has 0 aliphatic carbocycles. The van der Waals surface area contributed by atoms with Gasteiger partial charge in [-0.2, -0.15) is 5.10 Å². The molecule has 0 bridgehead atoms. The SMILES string of the molecule is CC[C@@H]1S/C(=N\N=C/c2ccccc2)N(Cc2ccccc2C)C1=O. The molecule has 5 heteroatoms. The molecule has 2 aromatic carbocycles. The van der Waals surface area contributed by atoms with Gasteiger partial charge in [0.2, 0.25) is 5.91 Å². The third-order valence-corrected chi connectivity index (χ3v) is 5.46. The van der Waals surface area contributed by atoms with E-state index in [1.54, 1.807) is 11.1 Å². The quantitative estimate of drug-likeness (QED) is 0.597. The molecule has 1 fully saturated rings. The number of hydrogen-bond acceptors (Lipinski definition) is 4. The molecular weight excluding hydrogens is 330 g/mol. The van der Waals surface area contributed by atoms with Gasteiger partial charge in [-0.15, -0.1) is 5.10 Å². The summed E-state index contributed by atoms with van der Waals surface area (Å²) < 4.78 is 0. The van der Waals surface area contributed by atoms with Crippen LogP contribution in [-0.2, 0) is 11.3 Å². The molecule has 0 aromatic heterocycles. The second kappa shape index (κ2) is 8.12. The lowest BCUT2D eigenvalue weighted by Crippen LogP contribution is -2.31. The van der Waals surface area contributed by atoms with Crippen molar-refractivity contribution >= 4 is 29.1 Å². The molecule has 1 saturated heterocycles. The minimum absolute atomic E-state index is 0.0744. The van der Waals surface area contributed by atoms with Gasteiger partial charge in [0.15, 0.2) is 5.17 Å². The van der Waals surface area contributed by atoms with Crippen LogP contribution in [0.1, 0.15) is 30.0 Å². The molecular formula is C20H21N3OS. The summed E-state index contributed by atoms with van der Waals surface area (Å²) in [5.41, 5.74) is 3.29. The van der Waals surface area contributed by atoms with Crippen molar-refractivity contribution in [3.05, 3.63) is 71.3 Å². The summed E-state index contributed by atoms with van der Waals surface area (Å²) >= 11 is 1.50. The maximum absolute atomic E-state index is 12.7. The number of aryl methyl sites for hydroxylation is 1. The van der Waals surface area contributed by atoms with Crippen LogP contribution in [0.4, 0.5) is 0 Å². The average Bonchev–Trinajstić information content (AvgIpc) is 2.93. The van der Waals surface area contributed by atoms with Gasteiger partial charge in [-0.25, -0.2) is 0 Å². The molecule has 1 amide bonds. The molecule has 1 aliphatic rings. The van der Waals surface area contributed by atoms with Crippen molar-refractivity contribution in [2.75, 3.05) is 0 Å². The second-order valence-corrected chi connectivity index (χ2v) is 7.07. The first-order chi connectivity index (χ1) is 12.2. The minimum Gasteiger partial charge on any atom is -0.284 e. The zero-order chi connectivity index (χ0) is 17.6. The van der Waals surface area contributed by atoms with Crippen LogP contribution in [0.3, 0.4) is 0 Å². The Hall–Kier alpha value is -2.40. The van der Waals surface area contributed by atoms with Gasteiger partial charge >= 0.3 is 0 Å². The van der Waals surface area contributed by atoms with Crippen molar-refractivity contribution in [2.24, 2.45) is 10.2 Å². The van der Waals surface area contributed by atoms with Gasteiger partial charge in [0.25, 0.3) is 0 Å². The van der Waals surface area contributed by atoms with Gasteiger partial charge in [-0.3, -0.25) is 9.69 Å². The number of thioether (sulfide) groups is 1. The summed E-state index contributed by atoms with van der Waals surface area (Å²) in [5, 5.41) is 9.12. The highest BCUT2D eigenvalue weighted by atomic mass is 32.2. The van der Waals surface area contributed by atoms with Crippen molar-refractivity contribution < 1.29 is 4.79 Å². The normalized spacial score (nSPS) is 19.3. The molecule has 4 nitrogen and oxygen atoms in total. The highest BCUT2D eigenvalue weighted by molar-refractivity contribution is 8.15. The lowest BCUT2D eigenvalue weighted by Gasteiger charge is -2.17. The lowest BCUT2D eigenvalue weighted by molar-refractivity contribution is -0.126. The molecule has 3 rings (SSSR count). The first-order valence-corrected chi connectivity index (χ1v) is 9.25. The monoisotopic (exact) mass is 351 g/mol. The van der Waals surface area contributed by atoms with Crippen LogP contribution in [0.15, 0.2) is 64.8 Å². The van der Waals surface area contributed by atoms with Crippen molar-refractivity contribution in [2.45, 2.75) is 32.1 Å². The molecule has 0 unspecified atom stereocenters. The van der Waals surface area contributed by atoms with Crippen LogP contribution in [0, 0.1) is 6.92 Å². The molecule has 0 N–H and O–H groups in total. The Kier molecular flexibility index (Phi) is 5.66. The molecule has 0 radical (unpaired) electrons. The molecule has 0 spiro atoms. The van der Waals surface area contributed by atoms with Gasteiger partial charge < -0.3 is 0 Å². The summed E-state index contributed by atoms with van der Waals surface area (Å²) in [6, 6.07) is 17.9. The summed E-state index contributed by atoms with van der Waals surface area (Å²) in [5.74, 6) is 0.115. The predicted octanol–water partition coefficient (Wildman–Crippen LogP) is 4.24. The first kappa shape index (κ1) is 17.4. The number of amides is 1. The number of hydrogen-bond donors (Lipinski definition) is 0. The zero-order valence-corrected chi connectivity index (χ0v) is 15.2. The Balaban J connectivity index is 1.82. The van der Waals surface area contributed by atoms with Gasteiger partial charge in [0, 0.05) is 0 Å². The fourth-order valence-electron chi connectivity index (χ4n) is 2.63. The van der Waals surface area contributed by atoms with Gasteiger partial charge in [-0.05, 0) is 30.0 Å². The van der Waals surface area contributed by atoms with E-state index >= 15 is 0 Å². The van der Waals surface area contributed by atoms with Crippen LogP contribution in [0.25, 0.3) is 0 Å². The van der Waals surface area contributed by atoms with Crippen molar-refractivity contribution in [3.8, 4) is 0 Å². The fraction of sp³-hybridized carbons (Fsp3) is 0.250. The number of nitrogens with zero attached hydrogens (tertiary/aromatic N) is 3. The number of benzene rings is 2. The Labute approximate surface area is 152 Å². The van der Waals surface area contributed by atoms with Crippen LogP contribution < -0.4 is 0 Å². The Bertz CT molecular complexity index is 802. The van der Waals surface area contributed by atoms with E-state index in [1.165, 1.54) is 17.3 Å². The molecule has 1 heterocycles. The van der Waals surface area contributed by atoms with E-state index in [0.717, 1.165) is 17.5 Å². The van der Waals surface area contributed by atoms with Gasteiger partial charge in [0.05, 0.1) is 18.0 Å². The van der Waals surface area contributed by atoms with E-state index in [4.69, 9.17) is 0 Å². The number of carbonyl (C=O) groups excluding carboxylic acids is 1. The summed E-state index contributed by atoms with van der Waals surface area (Å²) in [6.07, 6.45) is 2.50. The third-order valence-electron chi connectivity index (χ3n) is 4.13. The van der Waals surface area contributed by atoms with E-state index in [0.29, 0.717) is 11.7 Å². The molecule has 2 aromatic rings. The second-order valence-electron chi connectivity index (χ2n) is 5.90. The van der Waals surface area contributed by atoms with E-state index < -0.39 is 0 Å². The van der Waals surface area contributed by atoms with E-state index in [9.17, 15) is 4.79 Å². The topological polar surface area (TPSA) is 45.0 Å². The smallest absolute Gasteiger partial charge is 0.242 e. The summed E-state index contributed by atoms with van der Waals surface area (Å²) in [6.45, 7) is 4.62.